The van der Waals surface area contributed by atoms with Crippen molar-refractivity contribution in [1.29, 1.82) is 0 Å². The van der Waals surface area contributed by atoms with Crippen molar-refractivity contribution in [2.45, 2.75) is 11.6 Å². The van der Waals surface area contributed by atoms with Crippen LogP contribution in [0.4, 0.5) is 17.6 Å². The Bertz CT molecular complexity index is 668. The largest absolute Gasteiger partial charge is 0.419 e. The third kappa shape index (κ3) is 3.62. The zero-order chi connectivity index (χ0) is 15.8. The molecule has 0 fully saturated rings. The standard InChI is InChI=1S/C14H7Cl3F4/c15-8-2-3-9(11(16)6-8)13(17)7-1-4-12(18)10(5-7)14(19,20)21/h1-6,13H. The summed E-state index contributed by atoms with van der Waals surface area (Å²) in [4.78, 5) is 0. The van der Waals surface area contributed by atoms with E-state index in [0.29, 0.717) is 16.7 Å². The molecule has 0 N–H and O–H groups in total. The highest BCUT2D eigenvalue weighted by atomic mass is 35.5. The second kappa shape index (κ2) is 6.03. The van der Waals surface area contributed by atoms with Gasteiger partial charge in [0.1, 0.15) is 5.82 Å². The molecule has 0 amide bonds. The van der Waals surface area contributed by atoms with Gasteiger partial charge in [0.25, 0.3) is 0 Å². The first kappa shape index (κ1) is 16.4. The topological polar surface area (TPSA) is 0 Å². The van der Waals surface area contributed by atoms with Crippen LogP contribution in [-0.2, 0) is 6.18 Å². The Morgan fingerprint density at radius 3 is 2.19 bits per heavy atom. The van der Waals surface area contributed by atoms with Crippen LogP contribution in [0.2, 0.25) is 10.0 Å². The molecule has 112 valence electrons. The molecule has 0 aliphatic carbocycles. The van der Waals surface area contributed by atoms with Gasteiger partial charge in [-0.1, -0.05) is 35.3 Å². The quantitative estimate of drug-likeness (QED) is 0.426. The molecule has 1 atom stereocenters. The van der Waals surface area contributed by atoms with E-state index in [1.807, 2.05) is 0 Å². The summed E-state index contributed by atoms with van der Waals surface area (Å²) in [6.07, 6.45) is -4.79. The molecule has 0 heterocycles. The molecule has 0 aliphatic rings. The Morgan fingerprint density at radius 1 is 0.952 bits per heavy atom. The zero-order valence-electron chi connectivity index (χ0n) is 10.2. The third-order valence-electron chi connectivity index (χ3n) is 2.82. The highest BCUT2D eigenvalue weighted by Crippen LogP contribution is 2.38. The number of hydrogen-bond acceptors (Lipinski definition) is 0. The molecule has 21 heavy (non-hydrogen) atoms. The van der Waals surface area contributed by atoms with Crippen LogP contribution in [0, 0.1) is 5.82 Å². The lowest BCUT2D eigenvalue weighted by atomic mass is 10.0. The van der Waals surface area contributed by atoms with E-state index in [0.717, 1.165) is 6.07 Å². The van der Waals surface area contributed by atoms with Gasteiger partial charge in [0.05, 0.1) is 10.9 Å². The van der Waals surface area contributed by atoms with Crippen LogP contribution in [0.15, 0.2) is 36.4 Å². The molecule has 0 aromatic heterocycles. The summed E-state index contributed by atoms with van der Waals surface area (Å²) in [7, 11) is 0. The Hall–Kier alpha value is -0.970. The van der Waals surface area contributed by atoms with Crippen LogP contribution in [0.25, 0.3) is 0 Å². The number of benzene rings is 2. The van der Waals surface area contributed by atoms with Gasteiger partial charge in [0.2, 0.25) is 0 Å². The summed E-state index contributed by atoms with van der Waals surface area (Å²) in [6, 6.07) is 7.07. The first-order valence-electron chi connectivity index (χ1n) is 5.66. The average Bonchev–Trinajstić information content (AvgIpc) is 2.37. The number of halogens is 7. The summed E-state index contributed by atoms with van der Waals surface area (Å²) >= 11 is 17.9. The van der Waals surface area contributed by atoms with Gasteiger partial charge in [-0.2, -0.15) is 13.2 Å². The monoisotopic (exact) mass is 356 g/mol. The normalized spacial score (nSPS) is 13.3. The summed E-state index contributed by atoms with van der Waals surface area (Å²) < 4.78 is 51.4. The molecule has 0 radical (unpaired) electrons. The van der Waals surface area contributed by atoms with Gasteiger partial charge in [0, 0.05) is 10.0 Å². The number of rotatable bonds is 2. The van der Waals surface area contributed by atoms with E-state index in [1.54, 1.807) is 0 Å². The van der Waals surface area contributed by atoms with Gasteiger partial charge in [-0.3, -0.25) is 0 Å². The maximum Gasteiger partial charge on any atom is 0.419 e. The SMILES string of the molecule is Fc1ccc(C(Cl)c2ccc(Cl)cc2Cl)cc1C(F)(F)F. The van der Waals surface area contributed by atoms with E-state index in [-0.39, 0.29) is 10.6 Å². The van der Waals surface area contributed by atoms with Crippen molar-refractivity contribution in [2.24, 2.45) is 0 Å². The van der Waals surface area contributed by atoms with E-state index >= 15 is 0 Å². The van der Waals surface area contributed by atoms with E-state index in [4.69, 9.17) is 34.8 Å². The molecule has 0 saturated heterocycles. The lowest BCUT2D eigenvalue weighted by Gasteiger charge is -2.15. The van der Waals surface area contributed by atoms with Crippen LogP contribution >= 0.6 is 34.8 Å². The fourth-order valence-corrected chi connectivity index (χ4v) is 2.70. The van der Waals surface area contributed by atoms with Gasteiger partial charge in [-0.15, -0.1) is 11.6 Å². The van der Waals surface area contributed by atoms with Crippen molar-refractivity contribution >= 4 is 34.8 Å². The Balaban J connectivity index is 2.46. The minimum atomic E-state index is -4.79. The second-order valence-electron chi connectivity index (χ2n) is 4.27. The van der Waals surface area contributed by atoms with Crippen molar-refractivity contribution in [1.82, 2.24) is 0 Å². The first-order valence-corrected chi connectivity index (χ1v) is 6.85. The van der Waals surface area contributed by atoms with Gasteiger partial charge < -0.3 is 0 Å². The highest BCUT2D eigenvalue weighted by molar-refractivity contribution is 6.36. The summed E-state index contributed by atoms with van der Waals surface area (Å²) in [6.45, 7) is 0. The maximum atomic E-state index is 13.3. The molecule has 2 rings (SSSR count). The predicted octanol–water partition coefficient (Wildman–Crippen LogP) is 6.48. The molecule has 2 aromatic rings. The van der Waals surface area contributed by atoms with Gasteiger partial charge in [-0.25, -0.2) is 4.39 Å². The first-order chi connectivity index (χ1) is 9.70. The Labute approximate surface area is 133 Å². The fraction of sp³-hybridized carbons (Fsp3) is 0.143. The van der Waals surface area contributed by atoms with Gasteiger partial charge >= 0.3 is 6.18 Å². The van der Waals surface area contributed by atoms with Crippen LogP contribution in [0.1, 0.15) is 22.1 Å². The molecular weight excluding hydrogens is 351 g/mol. The van der Waals surface area contributed by atoms with Crippen molar-refractivity contribution in [2.75, 3.05) is 0 Å². The molecule has 0 spiro atoms. The molecule has 0 saturated carbocycles. The predicted molar refractivity (Wildman–Crippen MR) is 75.6 cm³/mol. The van der Waals surface area contributed by atoms with Gasteiger partial charge in [-0.05, 0) is 35.4 Å². The van der Waals surface area contributed by atoms with Crippen LogP contribution in [0.3, 0.4) is 0 Å². The lowest BCUT2D eigenvalue weighted by Crippen LogP contribution is -2.09. The average molecular weight is 358 g/mol. The lowest BCUT2D eigenvalue weighted by molar-refractivity contribution is -0.140. The van der Waals surface area contributed by atoms with E-state index in [1.165, 1.54) is 24.3 Å². The smallest absolute Gasteiger partial charge is 0.206 e. The van der Waals surface area contributed by atoms with E-state index in [9.17, 15) is 17.6 Å². The number of alkyl halides is 4. The van der Waals surface area contributed by atoms with Crippen LogP contribution < -0.4 is 0 Å². The molecule has 0 nitrogen and oxygen atoms in total. The molecule has 1 unspecified atom stereocenters. The van der Waals surface area contributed by atoms with Crippen molar-refractivity contribution < 1.29 is 17.6 Å². The van der Waals surface area contributed by atoms with Crippen LogP contribution in [-0.4, -0.2) is 0 Å². The molecule has 0 bridgehead atoms. The van der Waals surface area contributed by atoms with E-state index < -0.39 is 22.9 Å². The Morgan fingerprint density at radius 2 is 1.62 bits per heavy atom. The number of hydrogen-bond donors (Lipinski definition) is 0. The Kier molecular flexibility index (Phi) is 4.71. The summed E-state index contributed by atoms with van der Waals surface area (Å²) in [5.41, 5.74) is -0.882. The fourth-order valence-electron chi connectivity index (χ4n) is 1.80. The summed E-state index contributed by atoms with van der Waals surface area (Å²) in [5.74, 6) is -1.35. The molecule has 7 heteroatoms. The van der Waals surface area contributed by atoms with Crippen molar-refractivity contribution in [3.05, 3.63) is 69.0 Å². The van der Waals surface area contributed by atoms with Crippen molar-refractivity contribution in [3.63, 3.8) is 0 Å². The van der Waals surface area contributed by atoms with E-state index in [2.05, 4.69) is 0 Å². The molecule has 2 aromatic carbocycles. The third-order valence-corrected chi connectivity index (χ3v) is 3.87. The highest BCUT2D eigenvalue weighted by Gasteiger charge is 2.34. The minimum absolute atomic E-state index is 0.0922. The van der Waals surface area contributed by atoms with Gasteiger partial charge in [0.15, 0.2) is 0 Å². The minimum Gasteiger partial charge on any atom is -0.206 e. The van der Waals surface area contributed by atoms with Crippen molar-refractivity contribution in [3.8, 4) is 0 Å². The molecular formula is C14H7Cl3F4. The zero-order valence-corrected chi connectivity index (χ0v) is 12.5. The second-order valence-corrected chi connectivity index (χ2v) is 5.55. The van der Waals surface area contributed by atoms with Crippen LogP contribution in [0.5, 0.6) is 0 Å². The molecule has 0 aliphatic heterocycles. The summed E-state index contributed by atoms with van der Waals surface area (Å²) in [5, 5.41) is -0.348. The maximum absolute atomic E-state index is 13.3.